The predicted molar refractivity (Wildman–Crippen MR) is 114 cm³/mol. The number of carbonyl (C=O) groups is 1. The second kappa shape index (κ2) is 10.1. The maximum absolute atomic E-state index is 12.2. The van der Waals surface area contributed by atoms with Gasteiger partial charge in [-0.05, 0) is 12.5 Å². The van der Waals surface area contributed by atoms with Crippen molar-refractivity contribution in [3.63, 3.8) is 0 Å². The lowest BCUT2D eigenvalue weighted by Crippen LogP contribution is -2.36. The van der Waals surface area contributed by atoms with Gasteiger partial charge in [0.2, 0.25) is 5.91 Å². The van der Waals surface area contributed by atoms with Crippen LogP contribution in [-0.2, 0) is 4.79 Å². The van der Waals surface area contributed by atoms with Gasteiger partial charge in [-0.2, -0.15) is 5.26 Å². The SMILES string of the molecule is COc1cc2ncc(C#N)c(N3CCCN(C(=O)CCN)CC3)c2cc1OC.Cl. The number of nitrogens with two attached hydrogens (primary N) is 1. The van der Waals surface area contributed by atoms with Crippen molar-refractivity contribution in [2.45, 2.75) is 12.8 Å². The van der Waals surface area contributed by atoms with Crippen LogP contribution in [0.3, 0.4) is 0 Å². The molecular formula is C20H26ClN5O3. The van der Waals surface area contributed by atoms with Crippen LogP contribution in [0.15, 0.2) is 18.3 Å². The van der Waals surface area contributed by atoms with E-state index in [-0.39, 0.29) is 18.3 Å². The molecule has 0 aliphatic carbocycles. The summed E-state index contributed by atoms with van der Waals surface area (Å²) in [5, 5.41) is 10.5. The Morgan fingerprint density at radius 1 is 1.21 bits per heavy atom. The Morgan fingerprint density at radius 2 is 1.93 bits per heavy atom. The second-order valence-electron chi connectivity index (χ2n) is 6.62. The van der Waals surface area contributed by atoms with Crippen molar-refractivity contribution in [1.82, 2.24) is 9.88 Å². The largest absolute Gasteiger partial charge is 0.493 e. The van der Waals surface area contributed by atoms with Gasteiger partial charge < -0.3 is 25.0 Å². The van der Waals surface area contributed by atoms with Gasteiger partial charge in [0.25, 0.3) is 0 Å². The smallest absolute Gasteiger partial charge is 0.223 e. The molecule has 9 heteroatoms. The first-order valence-electron chi connectivity index (χ1n) is 9.30. The normalized spacial score (nSPS) is 14.0. The molecule has 2 N–H and O–H groups in total. The second-order valence-corrected chi connectivity index (χ2v) is 6.62. The standard InChI is InChI=1S/C20H25N5O3.ClH/c1-27-17-10-15-16(11-18(17)28-2)23-13-14(12-22)20(15)25-7-3-6-24(8-9-25)19(26)4-5-21;/h10-11,13H,3-9,21H2,1-2H3;1H. The molecule has 3 rings (SSSR count). The lowest BCUT2D eigenvalue weighted by Gasteiger charge is -2.26. The zero-order chi connectivity index (χ0) is 20.1. The summed E-state index contributed by atoms with van der Waals surface area (Å²) in [5.41, 5.74) is 7.57. The molecule has 0 atom stereocenters. The van der Waals surface area contributed by atoms with Crippen LogP contribution in [0.5, 0.6) is 11.5 Å². The van der Waals surface area contributed by atoms with E-state index < -0.39 is 0 Å². The number of nitrogens with zero attached hydrogens (tertiary/aromatic N) is 4. The zero-order valence-electron chi connectivity index (χ0n) is 16.7. The maximum Gasteiger partial charge on any atom is 0.223 e. The highest BCUT2D eigenvalue weighted by atomic mass is 35.5. The summed E-state index contributed by atoms with van der Waals surface area (Å²) in [6, 6.07) is 5.93. The van der Waals surface area contributed by atoms with E-state index in [2.05, 4.69) is 16.0 Å². The Bertz CT molecular complexity index is 915. The number of ether oxygens (including phenoxy) is 2. The van der Waals surface area contributed by atoms with Gasteiger partial charge in [0, 0.05) is 56.8 Å². The molecule has 1 aliphatic rings. The number of rotatable bonds is 5. The van der Waals surface area contributed by atoms with E-state index in [9.17, 15) is 10.1 Å². The van der Waals surface area contributed by atoms with Crippen molar-refractivity contribution in [2.24, 2.45) is 5.73 Å². The van der Waals surface area contributed by atoms with E-state index in [1.807, 2.05) is 17.0 Å². The monoisotopic (exact) mass is 419 g/mol. The first-order valence-corrected chi connectivity index (χ1v) is 9.30. The van der Waals surface area contributed by atoms with Crippen LogP contribution in [-0.4, -0.2) is 62.7 Å². The highest BCUT2D eigenvalue weighted by Crippen LogP contribution is 2.37. The van der Waals surface area contributed by atoms with Gasteiger partial charge in [0.05, 0.1) is 31.0 Å². The number of pyridine rings is 1. The van der Waals surface area contributed by atoms with Crippen LogP contribution in [0, 0.1) is 11.3 Å². The van der Waals surface area contributed by atoms with Gasteiger partial charge in [0.15, 0.2) is 11.5 Å². The van der Waals surface area contributed by atoms with Crippen molar-refractivity contribution in [3.8, 4) is 17.6 Å². The maximum atomic E-state index is 12.2. The molecule has 1 saturated heterocycles. The number of hydrogen-bond acceptors (Lipinski definition) is 7. The van der Waals surface area contributed by atoms with Crippen molar-refractivity contribution in [2.75, 3.05) is 51.8 Å². The average molecular weight is 420 g/mol. The highest BCUT2D eigenvalue weighted by molar-refractivity contribution is 5.96. The lowest BCUT2D eigenvalue weighted by atomic mass is 10.1. The van der Waals surface area contributed by atoms with Crippen LogP contribution in [0.2, 0.25) is 0 Å². The van der Waals surface area contributed by atoms with Crippen LogP contribution in [0.1, 0.15) is 18.4 Å². The first kappa shape index (κ1) is 22.5. The van der Waals surface area contributed by atoms with Crippen LogP contribution >= 0.6 is 12.4 Å². The summed E-state index contributed by atoms with van der Waals surface area (Å²) in [7, 11) is 3.16. The van der Waals surface area contributed by atoms with E-state index in [1.165, 1.54) is 0 Å². The van der Waals surface area contributed by atoms with Crippen LogP contribution in [0.25, 0.3) is 10.9 Å². The van der Waals surface area contributed by atoms with Gasteiger partial charge in [-0.3, -0.25) is 9.78 Å². The zero-order valence-corrected chi connectivity index (χ0v) is 17.5. The molecule has 1 aromatic heterocycles. The van der Waals surface area contributed by atoms with Gasteiger partial charge in [-0.15, -0.1) is 12.4 Å². The Labute approximate surface area is 176 Å². The Kier molecular flexibility index (Phi) is 7.88. The molecule has 0 spiro atoms. The molecular weight excluding hydrogens is 394 g/mol. The van der Waals surface area contributed by atoms with Gasteiger partial charge in [-0.1, -0.05) is 0 Å². The van der Waals surface area contributed by atoms with Crippen molar-refractivity contribution >= 4 is 34.9 Å². The summed E-state index contributed by atoms with van der Waals surface area (Å²) >= 11 is 0. The minimum absolute atomic E-state index is 0. The van der Waals surface area contributed by atoms with Gasteiger partial charge >= 0.3 is 0 Å². The van der Waals surface area contributed by atoms with E-state index in [1.54, 1.807) is 20.4 Å². The molecule has 1 fully saturated rings. The quantitative estimate of drug-likeness (QED) is 0.789. The van der Waals surface area contributed by atoms with E-state index >= 15 is 0 Å². The molecule has 156 valence electrons. The van der Waals surface area contributed by atoms with Crippen LogP contribution < -0.4 is 20.1 Å². The Balaban J connectivity index is 0.00000300. The number of halogens is 1. The third kappa shape index (κ3) is 4.63. The molecule has 0 unspecified atom stereocenters. The lowest BCUT2D eigenvalue weighted by molar-refractivity contribution is -0.130. The molecule has 0 saturated carbocycles. The molecule has 1 aliphatic heterocycles. The van der Waals surface area contributed by atoms with Crippen molar-refractivity contribution in [3.05, 3.63) is 23.9 Å². The molecule has 8 nitrogen and oxygen atoms in total. The summed E-state index contributed by atoms with van der Waals surface area (Å²) in [5.74, 6) is 1.26. The van der Waals surface area contributed by atoms with Gasteiger partial charge in [-0.25, -0.2) is 0 Å². The fourth-order valence-corrected chi connectivity index (χ4v) is 3.60. The molecule has 0 radical (unpaired) electrons. The summed E-state index contributed by atoms with van der Waals surface area (Å²) in [4.78, 5) is 20.6. The summed E-state index contributed by atoms with van der Waals surface area (Å²) in [6.45, 7) is 3.03. The third-order valence-electron chi connectivity index (χ3n) is 4.99. The number of aromatic nitrogens is 1. The number of amides is 1. The number of hydrogen-bond donors (Lipinski definition) is 1. The molecule has 1 aromatic carbocycles. The number of anilines is 1. The fourth-order valence-electron chi connectivity index (χ4n) is 3.60. The molecule has 29 heavy (non-hydrogen) atoms. The average Bonchev–Trinajstić information content (AvgIpc) is 2.98. The third-order valence-corrected chi connectivity index (χ3v) is 4.99. The molecule has 2 heterocycles. The predicted octanol–water partition coefficient (Wildman–Crippen LogP) is 1.93. The summed E-state index contributed by atoms with van der Waals surface area (Å²) in [6.07, 6.45) is 2.77. The number of nitriles is 1. The van der Waals surface area contributed by atoms with Crippen molar-refractivity contribution < 1.29 is 14.3 Å². The number of methoxy groups -OCH3 is 2. The van der Waals surface area contributed by atoms with Gasteiger partial charge in [0.1, 0.15) is 6.07 Å². The Hall–Kier alpha value is -2.76. The number of carbonyl (C=O) groups excluding carboxylic acids is 1. The van der Waals surface area contributed by atoms with E-state index in [0.29, 0.717) is 49.7 Å². The summed E-state index contributed by atoms with van der Waals surface area (Å²) < 4.78 is 10.8. The highest BCUT2D eigenvalue weighted by Gasteiger charge is 2.23. The topological polar surface area (TPSA) is 105 Å². The first-order chi connectivity index (χ1) is 13.6. The van der Waals surface area contributed by atoms with E-state index in [0.717, 1.165) is 29.6 Å². The minimum atomic E-state index is 0. The van der Waals surface area contributed by atoms with Crippen LogP contribution in [0.4, 0.5) is 5.69 Å². The van der Waals surface area contributed by atoms with Crippen molar-refractivity contribution in [1.29, 1.82) is 5.26 Å². The van der Waals surface area contributed by atoms with E-state index in [4.69, 9.17) is 15.2 Å². The molecule has 0 bridgehead atoms. The minimum Gasteiger partial charge on any atom is -0.493 e. The number of benzene rings is 1. The molecule has 1 amide bonds. The Morgan fingerprint density at radius 3 is 2.59 bits per heavy atom. The molecule has 2 aromatic rings. The number of fused-ring (bicyclic) bond motifs is 1. The fraction of sp³-hybridized carbons (Fsp3) is 0.450.